The summed E-state index contributed by atoms with van der Waals surface area (Å²) in [5.74, 6) is 1.90. The number of hydrogen-bond acceptors (Lipinski definition) is 5. The summed E-state index contributed by atoms with van der Waals surface area (Å²) in [6.07, 6.45) is 0.748. The van der Waals surface area contributed by atoms with E-state index in [2.05, 4.69) is 5.32 Å². The SMILES string of the molecule is COc1cc(OC)c([C@H]2CCNCC2=O)c(OC)c1. The molecular weight excluding hydrogens is 246 g/mol. The standard InChI is InChI=1S/C14H19NO4/c1-17-9-6-12(18-2)14(13(7-9)19-3)10-4-5-15-8-11(10)16/h6-7,10,15H,4-5,8H2,1-3H3/t10-/m0/s1. The van der Waals surface area contributed by atoms with Gasteiger partial charge in [0.25, 0.3) is 0 Å². The Labute approximate surface area is 112 Å². The van der Waals surface area contributed by atoms with Gasteiger partial charge >= 0.3 is 0 Å². The van der Waals surface area contributed by atoms with Crippen molar-refractivity contribution in [3.8, 4) is 17.2 Å². The van der Waals surface area contributed by atoms with E-state index in [4.69, 9.17) is 14.2 Å². The second-order valence-corrected chi connectivity index (χ2v) is 4.43. The highest BCUT2D eigenvalue weighted by atomic mass is 16.5. The van der Waals surface area contributed by atoms with Crippen LogP contribution in [0.25, 0.3) is 0 Å². The smallest absolute Gasteiger partial charge is 0.154 e. The number of carbonyl (C=O) groups excluding carboxylic acids is 1. The van der Waals surface area contributed by atoms with Crippen molar-refractivity contribution >= 4 is 5.78 Å². The van der Waals surface area contributed by atoms with Crippen LogP contribution in [0.3, 0.4) is 0 Å². The van der Waals surface area contributed by atoms with Crippen molar-refractivity contribution < 1.29 is 19.0 Å². The van der Waals surface area contributed by atoms with E-state index in [0.717, 1.165) is 18.5 Å². The lowest BCUT2D eigenvalue weighted by atomic mass is 9.87. The summed E-state index contributed by atoms with van der Waals surface area (Å²) in [6, 6.07) is 3.57. The van der Waals surface area contributed by atoms with Crippen molar-refractivity contribution in [1.29, 1.82) is 0 Å². The number of ketones is 1. The molecule has 1 aliphatic rings. The third-order valence-corrected chi connectivity index (χ3v) is 3.40. The zero-order valence-electron chi connectivity index (χ0n) is 11.5. The van der Waals surface area contributed by atoms with E-state index in [1.54, 1.807) is 33.5 Å². The lowest BCUT2D eigenvalue weighted by Crippen LogP contribution is -2.35. The largest absolute Gasteiger partial charge is 0.496 e. The van der Waals surface area contributed by atoms with Crippen LogP contribution in [0.2, 0.25) is 0 Å². The molecule has 0 aliphatic carbocycles. The van der Waals surface area contributed by atoms with Crippen LogP contribution in [0.1, 0.15) is 17.9 Å². The van der Waals surface area contributed by atoms with Crippen molar-refractivity contribution in [2.75, 3.05) is 34.4 Å². The molecule has 0 bridgehead atoms. The second kappa shape index (κ2) is 5.93. The maximum atomic E-state index is 12.1. The minimum Gasteiger partial charge on any atom is -0.496 e. The first-order valence-electron chi connectivity index (χ1n) is 6.24. The maximum Gasteiger partial charge on any atom is 0.154 e. The zero-order valence-corrected chi connectivity index (χ0v) is 11.5. The molecule has 1 aliphatic heterocycles. The molecule has 1 atom stereocenters. The van der Waals surface area contributed by atoms with Crippen molar-refractivity contribution in [2.24, 2.45) is 0 Å². The fourth-order valence-corrected chi connectivity index (χ4v) is 2.42. The van der Waals surface area contributed by atoms with Crippen LogP contribution in [0.4, 0.5) is 0 Å². The number of methoxy groups -OCH3 is 3. The Morgan fingerprint density at radius 3 is 2.21 bits per heavy atom. The van der Waals surface area contributed by atoms with Crippen molar-refractivity contribution in [2.45, 2.75) is 12.3 Å². The summed E-state index contributed by atoms with van der Waals surface area (Å²) >= 11 is 0. The molecule has 1 N–H and O–H groups in total. The molecule has 19 heavy (non-hydrogen) atoms. The van der Waals surface area contributed by atoms with E-state index >= 15 is 0 Å². The molecule has 1 saturated heterocycles. The first-order chi connectivity index (χ1) is 9.21. The summed E-state index contributed by atoms with van der Waals surface area (Å²) < 4.78 is 16.0. The van der Waals surface area contributed by atoms with E-state index in [0.29, 0.717) is 23.8 Å². The van der Waals surface area contributed by atoms with Crippen molar-refractivity contribution in [3.05, 3.63) is 17.7 Å². The Kier molecular flexibility index (Phi) is 4.27. The number of hydrogen-bond donors (Lipinski definition) is 1. The number of nitrogens with one attached hydrogen (secondary N) is 1. The van der Waals surface area contributed by atoms with Crippen LogP contribution in [-0.4, -0.2) is 40.2 Å². The third kappa shape index (κ3) is 2.66. The average molecular weight is 265 g/mol. The van der Waals surface area contributed by atoms with E-state index < -0.39 is 0 Å². The minimum atomic E-state index is -0.183. The highest BCUT2D eigenvalue weighted by molar-refractivity contribution is 5.89. The normalized spacial score (nSPS) is 19.1. The van der Waals surface area contributed by atoms with E-state index in [1.807, 2.05) is 0 Å². The van der Waals surface area contributed by atoms with Crippen LogP contribution in [0, 0.1) is 0 Å². The predicted octanol–water partition coefficient (Wildman–Crippen LogP) is 1.36. The van der Waals surface area contributed by atoms with Gasteiger partial charge < -0.3 is 19.5 Å². The van der Waals surface area contributed by atoms with Gasteiger partial charge in [0, 0.05) is 17.7 Å². The van der Waals surface area contributed by atoms with Gasteiger partial charge in [0.05, 0.1) is 33.8 Å². The number of benzene rings is 1. The highest BCUT2D eigenvalue weighted by Gasteiger charge is 2.30. The minimum absolute atomic E-state index is 0.160. The Balaban J connectivity index is 2.49. The summed E-state index contributed by atoms with van der Waals surface area (Å²) in [4.78, 5) is 12.1. The lowest BCUT2D eigenvalue weighted by molar-refractivity contribution is -0.120. The van der Waals surface area contributed by atoms with Crippen LogP contribution in [0.15, 0.2) is 12.1 Å². The van der Waals surface area contributed by atoms with Crippen LogP contribution >= 0.6 is 0 Å². The average Bonchev–Trinajstić information content (AvgIpc) is 2.46. The van der Waals surface area contributed by atoms with Gasteiger partial charge in [-0.2, -0.15) is 0 Å². The summed E-state index contributed by atoms with van der Waals surface area (Å²) in [6.45, 7) is 1.21. The predicted molar refractivity (Wildman–Crippen MR) is 71.3 cm³/mol. The van der Waals surface area contributed by atoms with E-state index in [-0.39, 0.29) is 11.7 Å². The number of rotatable bonds is 4. The Hall–Kier alpha value is -1.75. The van der Waals surface area contributed by atoms with Gasteiger partial charge in [0.15, 0.2) is 5.78 Å². The topological polar surface area (TPSA) is 56.8 Å². The number of ether oxygens (including phenoxy) is 3. The van der Waals surface area contributed by atoms with E-state index in [9.17, 15) is 4.79 Å². The van der Waals surface area contributed by atoms with Crippen LogP contribution in [0.5, 0.6) is 17.2 Å². The van der Waals surface area contributed by atoms with Crippen molar-refractivity contribution in [1.82, 2.24) is 5.32 Å². The Bertz CT molecular complexity index is 448. The molecule has 0 amide bonds. The first kappa shape index (κ1) is 13.7. The molecule has 1 aromatic rings. The molecule has 0 saturated carbocycles. The molecule has 0 radical (unpaired) electrons. The molecule has 0 spiro atoms. The molecule has 104 valence electrons. The van der Waals surface area contributed by atoms with Gasteiger partial charge in [-0.1, -0.05) is 0 Å². The summed E-state index contributed by atoms with van der Waals surface area (Å²) in [7, 11) is 4.76. The summed E-state index contributed by atoms with van der Waals surface area (Å²) in [5.41, 5.74) is 0.817. The molecular formula is C14H19NO4. The molecule has 1 aromatic carbocycles. The van der Waals surface area contributed by atoms with Gasteiger partial charge in [0.1, 0.15) is 17.2 Å². The number of Topliss-reactive ketones (excluding diaryl/α,β-unsaturated/α-hetero) is 1. The molecule has 5 nitrogen and oxygen atoms in total. The molecule has 0 aromatic heterocycles. The maximum absolute atomic E-state index is 12.1. The van der Waals surface area contributed by atoms with Crippen LogP contribution < -0.4 is 19.5 Å². The van der Waals surface area contributed by atoms with Gasteiger partial charge in [-0.15, -0.1) is 0 Å². The molecule has 2 rings (SSSR count). The third-order valence-electron chi connectivity index (χ3n) is 3.40. The summed E-state index contributed by atoms with van der Waals surface area (Å²) in [5, 5.41) is 3.08. The number of carbonyl (C=O) groups is 1. The van der Waals surface area contributed by atoms with Gasteiger partial charge in [-0.25, -0.2) is 0 Å². The van der Waals surface area contributed by atoms with Crippen LogP contribution in [-0.2, 0) is 4.79 Å². The quantitative estimate of drug-likeness (QED) is 0.890. The molecule has 1 fully saturated rings. The fraction of sp³-hybridized carbons (Fsp3) is 0.500. The molecule has 5 heteroatoms. The van der Waals surface area contributed by atoms with Gasteiger partial charge in [-0.3, -0.25) is 4.79 Å². The van der Waals surface area contributed by atoms with Gasteiger partial charge in [0.2, 0.25) is 0 Å². The number of piperidine rings is 1. The monoisotopic (exact) mass is 265 g/mol. The lowest BCUT2D eigenvalue weighted by Gasteiger charge is -2.25. The molecule has 1 heterocycles. The molecule has 0 unspecified atom stereocenters. The zero-order chi connectivity index (χ0) is 13.8. The highest BCUT2D eigenvalue weighted by Crippen LogP contribution is 2.41. The van der Waals surface area contributed by atoms with Crippen molar-refractivity contribution in [3.63, 3.8) is 0 Å². The fourth-order valence-electron chi connectivity index (χ4n) is 2.42. The Morgan fingerprint density at radius 2 is 1.74 bits per heavy atom. The second-order valence-electron chi connectivity index (χ2n) is 4.43. The van der Waals surface area contributed by atoms with E-state index in [1.165, 1.54) is 0 Å². The first-order valence-corrected chi connectivity index (χ1v) is 6.24. The van der Waals surface area contributed by atoms with Gasteiger partial charge in [-0.05, 0) is 13.0 Å². The Morgan fingerprint density at radius 1 is 1.11 bits per heavy atom.